The molecule has 19 heteroatoms. The maximum absolute atomic E-state index is 13.1. The number of likely N-dealkylation sites (tertiary alicyclic amines) is 1. The number of carboxylic acid groups (broad SMARTS) is 1. The number of nitrogens with one attached hydrogen (secondary N) is 4. The number of benzene rings is 1. The van der Waals surface area contributed by atoms with Crippen LogP contribution in [0.3, 0.4) is 0 Å². The topological polar surface area (TPSA) is 304 Å². The highest BCUT2D eigenvalue weighted by molar-refractivity contribution is 7.81. The van der Waals surface area contributed by atoms with Crippen LogP contribution in [-0.2, 0) is 40.0 Å². The molecular formula is C26H37N7O11S. The summed E-state index contributed by atoms with van der Waals surface area (Å²) in [6.45, 7) is -2.23. The summed E-state index contributed by atoms with van der Waals surface area (Å²) in [5.74, 6) is -6.87. The number of hydrogen-bond acceptors (Lipinski definition) is 12. The van der Waals surface area contributed by atoms with E-state index in [1.54, 1.807) is 0 Å². The second kappa shape index (κ2) is 17.1. The first kappa shape index (κ1) is 36.7. The molecule has 0 unspecified atom stereocenters. The lowest BCUT2D eigenvalue weighted by Gasteiger charge is -2.28. The van der Waals surface area contributed by atoms with Crippen LogP contribution in [0.1, 0.15) is 18.4 Å². The van der Waals surface area contributed by atoms with E-state index in [9.17, 15) is 48.9 Å². The van der Waals surface area contributed by atoms with Gasteiger partial charge in [0.25, 0.3) is 0 Å². The molecule has 1 saturated heterocycles. The number of primary amides is 1. The van der Waals surface area contributed by atoms with E-state index in [4.69, 9.17) is 16.6 Å². The van der Waals surface area contributed by atoms with E-state index < -0.39 is 96.6 Å². The van der Waals surface area contributed by atoms with Crippen LogP contribution in [0.15, 0.2) is 24.3 Å². The molecule has 12 N–H and O–H groups in total. The average Bonchev–Trinajstić information content (AvgIpc) is 3.50. The van der Waals surface area contributed by atoms with E-state index in [-0.39, 0.29) is 25.1 Å². The molecule has 0 radical (unpaired) electrons. The molecule has 2 rings (SSSR count). The van der Waals surface area contributed by atoms with Gasteiger partial charge in [-0.2, -0.15) is 12.6 Å². The van der Waals surface area contributed by atoms with Crippen molar-refractivity contribution >= 4 is 54.0 Å². The summed E-state index contributed by atoms with van der Waals surface area (Å²) in [6.07, 6.45) is 0.455. The van der Waals surface area contributed by atoms with Gasteiger partial charge in [0, 0.05) is 13.0 Å². The molecule has 1 aliphatic rings. The number of nitrogens with two attached hydrogens (primary N) is 2. The molecule has 6 atom stereocenters. The number of phenolic OH excluding ortho intramolecular Hbond substituents is 1. The normalized spacial score (nSPS) is 17.6. The molecule has 1 aromatic rings. The van der Waals surface area contributed by atoms with Gasteiger partial charge in [-0.15, -0.1) is 0 Å². The molecule has 0 spiro atoms. The lowest BCUT2D eigenvalue weighted by molar-refractivity contribution is -0.143. The summed E-state index contributed by atoms with van der Waals surface area (Å²) in [5.41, 5.74) is 11.2. The van der Waals surface area contributed by atoms with E-state index >= 15 is 0 Å². The van der Waals surface area contributed by atoms with Crippen molar-refractivity contribution in [1.82, 2.24) is 26.2 Å². The van der Waals surface area contributed by atoms with Gasteiger partial charge in [-0.05, 0) is 30.5 Å². The van der Waals surface area contributed by atoms with Gasteiger partial charge in [0.15, 0.2) is 0 Å². The Morgan fingerprint density at radius 3 is 2.09 bits per heavy atom. The zero-order valence-electron chi connectivity index (χ0n) is 23.9. The van der Waals surface area contributed by atoms with Gasteiger partial charge in [-0.1, -0.05) is 12.1 Å². The van der Waals surface area contributed by atoms with Crippen molar-refractivity contribution in [3.63, 3.8) is 0 Å². The Morgan fingerprint density at radius 2 is 1.53 bits per heavy atom. The Hall–Kier alpha value is -4.46. The van der Waals surface area contributed by atoms with E-state index in [0.29, 0.717) is 12.0 Å². The number of nitrogens with zero attached hydrogens (tertiary/aromatic N) is 1. The van der Waals surface area contributed by atoms with Gasteiger partial charge in [0.1, 0.15) is 41.2 Å². The predicted molar refractivity (Wildman–Crippen MR) is 157 cm³/mol. The minimum atomic E-state index is -1.64. The number of thiol groups is 1. The SMILES string of the molecule is NC(=O)[C@H](CO)NC(=O)[C@H](Cc1ccc(O)cc1)NC(=O)CNC(=O)[C@@H]1CCCN1C(=O)[C@H](CO)NC(=O)[C@@H](N)[C@H](S)C(=O)O. The van der Waals surface area contributed by atoms with Crippen molar-refractivity contribution in [2.45, 2.75) is 54.7 Å². The van der Waals surface area contributed by atoms with Crippen molar-refractivity contribution in [2.24, 2.45) is 11.5 Å². The van der Waals surface area contributed by atoms with E-state index in [1.165, 1.54) is 24.3 Å². The number of carbonyl (C=O) groups is 7. The molecule has 0 saturated carbocycles. The van der Waals surface area contributed by atoms with E-state index in [0.717, 1.165) is 4.90 Å². The highest BCUT2D eigenvalue weighted by Gasteiger charge is 2.39. The molecule has 6 amide bonds. The molecule has 1 aromatic carbocycles. The van der Waals surface area contributed by atoms with Crippen LogP contribution in [0.25, 0.3) is 0 Å². The largest absolute Gasteiger partial charge is 0.508 e. The van der Waals surface area contributed by atoms with Gasteiger partial charge in [-0.25, -0.2) is 0 Å². The maximum atomic E-state index is 13.1. The predicted octanol–water partition coefficient (Wildman–Crippen LogP) is -5.32. The zero-order valence-corrected chi connectivity index (χ0v) is 24.8. The molecule has 45 heavy (non-hydrogen) atoms. The third-order valence-electron chi connectivity index (χ3n) is 6.83. The van der Waals surface area contributed by atoms with Crippen molar-refractivity contribution in [2.75, 3.05) is 26.3 Å². The zero-order chi connectivity index (χ0) is 33.8. The smallest absolute Gasteiger partial charge is 0.318 e. The highest BCUT2D eigenvalue weighted by Crippen LogP contribution is 2.19. The number of aliphatic hydroxyl groups excluding tert-OH is 2. The van der Waals surface area contributed by atoms with Crippen LogP contribution in [-0.4, -0.2) is 129 Å². The summed E-state index contributed by atoms with van der Waals surface area (Å²) in [6, 6.07) is -1.30. The number of carboxylic acids is 1. The monoisotopic (exact) mass is 655 g/mol. The van der Waals surface area contributed by atoms with Crippen molar-refractivity contribution in [3.8, 4) is 5.75 Å². The highest BCUT2D eigenvalue weighted by atomic mass is 32.1. The van der Waals surface area contributed by atoms with Crippen LogP contribution in [0.5, 0.6) is 5.75 Å². The molecule has 248 valence electrons. The molecule has 0 aliphatic carbocycles. The average molecular weight is 656 g/mol. The molecule has 1 heterocycles. The van der Waals surface area contributed by atoms with Crippen molar-refractivity contribution in [3.05, 3.63) is 29.8 Å². The van der Waals surface area contributed by atoms with Gasteiger partial charge in [-0.3, -0.25) is 33.6 Å². The first-order valence-electron chi connectivity index (χ1n) is 13.6. The third kappa shape index (κ3) is 10.6. The summed E-state index contributed by atoms with van der Waals surface area (Å²) in [5, 5.41) is 45.1. The van der Waals surface area contributed by atoms with Gasteiger partial charge < -0.3 is 58.1 Å². The van der Waals surface area contributed by atoms with E-state index in [1.807, 2.05) is 0 Å². The molecule has 0 bridgehead atoms. The summed E-state index contributed by atoms with van der Waals surface area (Å²) < 4.78 is 0. The van der Waals surface area contributed by atoms with Crippen LogP contribution >= 0.6 is 12.6 Å². The Labute approximate surface area is 262 Å². The Balaban J connectivity index is 2.05. The lowest BCUT2D eigenvalue weighted by Crippen LogP contribution is -2.59. The number of aliphatic hydroxyl groups is 2. The maximum Gasteiger partial charge on any atom is 0.318 e. The number of phenols is 1. The Bertz CT molecular complexity index is 1270. The molecule has 1 fully saturated rings. The summed E-state index contributed by atoms with van der Waals surface area (Å²) in [4.78, 5) is 87.6. The van der Waals surface area contributed by atoms with E-state index in [2.05, 4.69) is 33.9 Å². The number of amides is 6. The Kier molecular flexibility index (Phi) is 14.0. The first-order valence-corrected chi connectivity index (χ1v) is 14.1. The summed E-state index contributed by atoms with van der Waals surface area (Å²) >= 11 is 3.73. The Morgan fingerprint density at radius 1 is 0.933 bits per heavy atom. The third-order valence-corrected chi connectivity index (χ3v) is 7.37. The number of rotatable bonds is 16. The number of aliphatic carboxylic acids is 1. The van der Waals surface area contributed by atoms with Crippen LogP contribution in [0.4, 0.5) is 0 Å². The second-order valence-electron chi connectivity index (χ2n) is 10.1. The molecule has 0 aromatic heterocycles. The van der Waals surface area contributed by atoms with Crippen LogP contribution < -0.4 is 32.7 Å². The number of aromatic hydroxyl groups is 1. The fraction of sp³-hybridized carbons (Fsp3) is 0.500. The standard InChI is InChI=1S/C26H37N7O11S/c27-19(20(45)26(43)44)24(41)32-16(11-35)25(42)33-7-1-2-17(33)23(40)29-9-18(37)30-14(8-12-3-5-13(36)6-4-12)22(39)31-15(10-34)21(28)38/h3-6,14-17,19-20,34-36,45H,1-2,7-11,27H2,(H2,28,38)(H,29,40)(H,30,37)(H,31,39)(H,32,41)(H,43,44)/t14-,15-,16-,17-,19-,20-/m0/s1. The number of carbonyl (C=O) groups excluding carboxylic acids is 6. The quantitative estimate of drug-likeness (QED) is 0.0744. The fourth-order valence-electron chi connectivity index (χ4n) is 4.34. The lowest BCUT2D eigenvalue weighted by atomic mass is 10.0. The van der Waals surface area contributed by atoms with Gasteiger partial charge in [0.2, 0.25) is 35.4 Å². The van der Waals surface area contributed by atoms with Crippen molar-refractivity contribution in [1.29, 1.82) is 0 Å². The minimum absolute atomic E-state index is 0.0410. The minimum Gasteiger partial charge on any atom is -0.508 e. The summed E-state index contributed by atoms with van der Waals surface area (Å²) in [7, 11) is 0. The fourth-order valence-corrected chi connectivity index (χ4v) is 4.48. The van der Waals surface area contributed by atoms with Crippen molar-refractivity contribution < 1.29 is 54.0 Å². The first-order chi connectivity index (χ1) is 21.2. The molecule has 18 nitrogen and oxygen atoms in total. The van der Waals surface area contributed by atoms with Gasteiger partial charge in [0.05, 0.1) is 19.8 Å². The second-order valence-corrected chi connectivity index (χ2v) is 10.7. The van der Waals surface area contributed by atoms with Crippen LogP contribution in [0.2, 0.25) is 0 Å². The van der Waals surface area contributed by atoms with Gasteiger partial charge >= 0.3 is 5.97 Å². The van der Waals surface area contributed by atoms with Crippen LogP contribution in [0, 0.1) is 0 Å². The molecule has 1 aliphatic heterocycles. The number of hydrogen-bond donors (Lipinski definition) is 11. The molecular weight excluding hydrogens is 618 g/mol.